The number of rotatable bonds is 3. The Kier molecular flexibility index (Phi) is 2.32. The largest absolute Gasteiger partial charge is 0.475 e. The third-order valence-corrected chi connectivity index (χ3v) is 1.06. The average molecular weight is 171 g/mol. The van der Waals surface area contributed by atoms with Crippen LogP contribution in [0, 0.1) is 0 Å². The summed E-state index contributed by atoms with van der Waals surface area (Å²) in [5.41, 5.74) is 0. The first-order valence-electron chi connectivity index (χ1n) is 3.46. The molecule has 0 saturated carbocycles. The minimum Gasteiger partial charge on any atom is -0.475 e. The predicted molar refractivity (Wildman–Crippen MR) is 39.2 cm³/mol. The van der Waals surface area contributed by atoms with Crippen LogP contribution < -0.4 is 4.74 Å². The smallest absolute Gasteiger partial charge is 0.374 e. The van der Waals surface area contributed by atoms with Crippen molar-refractivity contribution in [2.75, 3.05) is 0 Å². The molecule has 0 atom stereocenters. The van der Waals surface area contributed by atoms with Crippen LogP contribution in [0.15, 0.2) is 10.6 Å². The highest BCUT2D eigenvalue weighted by atomic mass is 16.5. The lowest BCUT2D eigenvalue weighted by atomic mass is 10.4. The van der Waals surface area contributed by atoms with E-state index >= 15 is 0 Å². The summed E-state index contributed by atoms with van der Waals surface area (Å²) in [5, 5.41) is 11.8. The Bertz CT molecular complexity index is 279. The summed E-state index contributed by atoms with van der Waals surface area (Å²) in [4.78, 5) is 10.3. The number of nitrogens with zero attached hydrogens (tertiary/aromatic N) is 1. The highest BCUT2D eigenvalue weighted by Crippen LogP contribution is 2.12. The van der Waals surface area contributed by atoms with Gasteiger partial charge in [0.25, 0.3) is 5.88 Å². The van der Waals surface area contributed by atoms with Gasteiger partial charge in [0, 0.05) is 0 Å². The summed E-state index contributed by atoms with van der Waals surface area (Å²) >= 11 is 0. The molecule has 1 heterocycles. The zero-order valence-electron chi connectivity index (χ0n) is 6.77. The highest BCUT2D eigenvalue weighted by molar-refractivity contribution is 5.84. The number of ether oxygens (including phenoxy) is 1. The van der Waals surface area contributed by atoms with E-state index in [9.17, 15) is 4.79 Å². The fraction of sp³-hybridized carbons (Fsp3) is 0.429. The van der Waals surface area contributed by atoms with Gasteiger partial charge in [0.1, 0.15) is 0 Å². The molecule has 1 N–H and O–H groups in total. The maximum atomic E-state index is 10.3. The van der Waals surface area contributed by atoms with Gasteiger partial charge in [-0.15, -0.1) is 0 Å². The molecule has 0 fully saturated rings. The van der Waals surface area contributed by atoms with Crippen LogP contribution in [-0.4, -0.2) is 22.3 Å². The Labute approximate surface area is 68.9 Å². The number of carboxylic acids is 1. The topological polar surface area (TPSA) is 72.6 Å². The van der Waals surface area contributed by atoms with Crippen LogP contribution in [0.2, 0.25) is 0 Å². The van der Waals surface area contributed by atoms with Gasteiger partial charge in [-0.25, -0.2) is 4.79 Å². The van der Waals surface area contributed by atoms with Crippen molar-refractivity contribution < 1.29 is 19.2 Å². The first-order valence-corrected chi connectivity index (χ1v) is 3.46. The number of hydrogen-bond acceptors (Lipinski definition) is 4. The lowest BCUT2D eigenvalue weighted by molar-refractivity contribution is 0.0651. The quantitative estimate of drug-likeness (QED) is 0.738. The maximum absolute atomic E-state index is 10.3. The van der Waals surface area contributed by atoms with Gasteiger partial charge >= 0.3 is 5.97 Å². The Hall–Kier alpha value is -1.52. The summed E-state index contributed by atoms with van der Waals surface area (Å²) in [6.07, 6.45) is -0.0447. The molecule has 0 aliphatic rings. The van der Waals surface area contributed by atoms with Gasteiger partial charge in [-0.1, -0.05) is 0 Å². The van der Waals surface area contributed by atoms with Gasteiger partial charge in [-0.05, 0) is 19.0 Å². The van der Waals surface area contributed by atoms with Crippen LogP contribution in [0.5, 0.6) is 5.88 Å². The second-order valence-electron chi connectivity index (χ2n) is 2.50. The van der Waals surface area contributed by atoms with Crippen molar-refractivity contribution in [2.45, 2.75) is 20.0 Å². The van der Waals surface area contributed by atoms with Crippen LogP contribution in [0.4, 0.5) is 0 Å². The van der Waals surface area contributed by atoms with Crippen molar-refractivity contribution in [1.29, 1.82) is 0 Å². The molecule has 1 aromatic heterocycles. The Morgan fingerprint density at radius 1 is 1.75 bits per heavy atom. The average Bonchev–Trinajstić information content (AvgIpc) is 2.34. The molecule has 5 heteroatoms. The molecular weight excluding hydrogens is 162 g/mol. The van der Waals surface area contributed by atoms with E-state index in [0.717, 1.165) is 0 Å². The van der Waals surface area contributed by atoms with E-state index in [1.165, 1.54) is 6.07 Å². The van der Waals surface area contributed by atoms with Crippen LogP contribution in [0.3, 0.4) is 0 Å². The number of aromatic carboxylic acids is 1. The maximum Gasteiger partial charge on any atom is 0.374 e. The van der Waals surface area contributed by atoms with Gasteiger partial charge in [-0.3, -0.25) is 0 Å². The highest BCUT2D eigenvalue weighted by Gasteiger charge is 2.12. The molecule has 1 aromatic rings. The third kappa shape index (κ3) is 1.98. The van der Waals surface area contributed by atoms with Gasteiger partial charge in [0.05, 0.1) is 12.2 Å². The Balaban J connectivity index is 2.71. The Morgan fingerprint density at radius 2 is 2.42 bits per heavy atom. The standard InChI is InChI=1S/C7H9NO4/c1-4(2)11-6-3-5(7(9)10)12-8-6/h3-4H,1-2H3,(H,9,10). The predicted octanol–water partition coefficient (Wildman–Crippen LogP) is 1.16. The molecule has 66 valence electrons. The van der Waals surface area contributed by atoms with E-state index in [0.29, 0.717) is 0 Å². The number of carbonyl (C=O) groups is 1. The monoisotopic (exact) mass is 171 g/mol. The minimum absolute atomic E-state index is 0.0447. The summed E-state index contributed by atoms with van der Waals surface area (Å²) in [7, 11) is 0. The van der Waals surface area contributed by atoms with E-state index in [4.69, 9.17) is 9.84 Å². The summed E-state index contributed by atoms with van der Waals surface area (Å²) in [6.45, 7) is 3.63. The first-order chi connectivity index (χ1) is 5.59. The second-order valence-corrected chi connectivity index (χ2v) is 2.50. The van der Waals surface area contributed by atoms with Crippen molar-refractivity contribution in [2.24, 2.45) is 0 Å². The summed E-state index contributed by atoms with van der Waals surface area (Å²) < 4.78 is 9.53. The van der Waals surface area contributed by atoms with Gasteiger partial charge < -0.3 is 14.4 Å². The van der Waals surface area contributed by atoms with Gasteiger partial charge in [0.2, 0.25) is 5.76 Å². The second kappa shape index (κ2) is 3.25. The van der Waals surface area contributed by atoms with E-state index in [2.05, 4.69) is 9.68 Å². The van der Waals surface area contributed by atoms with E-state index < -0.39 is 5.97 Å². The van der Waals surface area contributed by atoms with E-state index in [1.54, 1.807) is 0 Å². The molecule has 0 unspecified atom stereocenters. The van der Waals surface area contributed by atoms with Crippen LogP contribution in [0.25, 0.3) is 0 Å². The fourth-order valence-corrected chi connectivity index (χ4v) is 0.657. The van der Waals surface area contributed by atoms with Gasteiger partial charge in [-0.2, -0.15) is 0 Å². The first kappa shape index (κ1) is 8.58. The van der Waals surface area contributed by atoms with Crippen molar-refractivity contribution >= 4 is 5.97 Å². The molecule has 5 nitrogen and oxygen atoms in total. The van der Waals surface area contributed by atoms with E-state index in [-0.39, 0.29) is 17.7 Å². The Morgan fingerprint density at radius 3 is 2.83 bits per heavy atom. The number of aromatic nitrogens is 1. The lowest BCUT2D eigenvalue weighted by Gasteiger charge is -2.02. The molecule has 0 saturated heterocycles. The summed E-state index contributed by atoms with van der Waals surface area (Å²) in [5.74, 6) is -1.17. The molecule has 0 amide bonds. The van der Waals surface area contributed by atoms with Crippen LogP contribution in [-0.2, 0) is 0 Å². The molecule has 0 radical (unpaired) electrons. The van der Waals surface area contributed by atoms with Crippen LogP contribution >= 0.6 is 0 Å². The lowest BCUT2D eigenvalue weighted by Crippen LogP contribution is -2.05. The zero-order valence-corrected chi connectivity index (χ0v) is 6.77. The van der Waals surface area contributed by atoms with E-state index in [1.807, 2.05) is 13.8 Å². The van der Waals surface area contributed by atoms with Crippen molar-refractivity contribution in [1.82, 2.24) is 5.16 Å². The minimum atomic E-state index is -1.15. The fourth-order valence-electron chi connectivity index (χ4n) is 0.657. The third-order valence-electron chi connectivity index (χ3n) is 1.06. The number of carboxylic acid groups (broad SMARTS) is 1. The van der Waals surface area contributed by atoms with Crippen molar-refractivity contribution in [3.05, 3.63) is 11.8 Å². The van der Waals surface area contributed by atoms with Crippen molar-refractivity contribution in [3.8, 4) is 5.88 Å². The molecular formula is C7H9NO4. The molecule has 0 aromatic carbocycles. The molecule has 0 bridgehead atoms. The SMILES string of the molecule is CC(C)Oc1cc(C(=O)O)on1. The molecule has 1 rings (SSSR count). The normalized spacial score (nSPS) is 10.2. The van der Waals surface area contributed by atoms with Crippen LogP contribution in [0.1, 0.15) is 24.4 Å². The molecule has 12 heavy (non-hydrogen) atoms. The zero-order chi connectivity index (χ0) is 9.14. The van der Waals surface area contributed by atoms with Crippen molar-refractivity contribution in [3.63, 3.8) is 0 Å². The molecule has 0 spiro atoms. The molecule has 0 aliphatic heterocycles. The molecule has 0 aliphatic carbocycles. The number of hydrogen-bond donors (Lipinski definition) is 1. The van der Waals surface area contributed by atoms with Gasteiger partial charge in [0.15, 0.2) is 0 Å². The summed E-state index contributed by atoms with van der Waals surface area (Å²) in [6, 6.07) is 1.24.